The Morgan fingerprint density at radius 3 is 2.22 bits per heavy atom. The molecule has 0 aliphatic carbocycles. The van der Waals surface area contributed by atoms with E-state index in [4.69, 9.17) is 4.74 Å². The lowest BCUT2D eigenvalue weighted by Gasteiger charge is -2.44. The second kappa shape index (κ2) is 6.37. The van der Waals surface area contributed by atoms with Crippen LogP contribution in [0.5, 0.6) is 0 Å². The monoisotopic (exact) mass is 369 g/mol. The molecule has 3 nitrogen and oxygen atoms in total. The third-order valence-corrected chi connectivity index (χ3v) is 5.18. The minimum atomic E-state index is -0.379. The standard InChI is InChI=1S/C14H28INO2/c1-13(2,10-14(3,4)18-5)12(17)16-8-6-11(15)7-9-16/h11-12,17H,6-10H2,1-5H3. The molecule has 1 aliphatic rings. The fraction of sp³-hybridized carbons (Fsp3) is 1.00. The zero-order valence-electron chi connectivity index (χ0n) is 12.4. The molecule has 18 heavy (non-hydrogen) atoms. The topological polar surface area (TPSA) is 32.7 Å². The number of aliphatic hydroxyl groups is 1. The molecular weight excluding hydrogens is 341 g/mol. The van der Waals surface area contributed by atoms with Crippen molar-refractivity contribution < 1.29 is 9.84 Å². The zero-order chi connectivity index (χ0) is 14.0. The zero-order valence-corrected chi connectivity index (χ0v) is 14.5. The number of piperidine rings is 1. The lowest BCUT2D eigenvalue weighted by Crippen LogP contribution is -2.51. The predicted octanol–water partition coefficient (Wildman–Crippen LogP) is 3.05. The molecule has 4 heteroatoms. The summed E-state index contributed by atoms with van der Waals surface area (Å²) in [6, 6.07) is 0. The van der Waals surface area contributed by atoms with E-state index in [1.165, 1.54) is 12.8 Å². The number of hydrogen-bond donors (Lipinski definition) is 1. The van der Waals surface area contributed by atoms with Gasteiger partial charge in [0.05, 0.1) is 5.60 Å². The number of halogens is 1. The smallest absolute Gasteiger partial charge is 0.112 e. The van der Waals surface area contributed by atoms with Crippen LogP contribution in [0.25, 0.3) is 0 Å². The number of methoxy groups -OCH3 is 1. The van der Waals surface area contributed by atoms with Crippen LogP contribution in [0.15, 0.2) is 0 Å². The molecule has 108 valence electrons. The highest BCUT2D eigenvalue weighted by Gasteiger charge is 2.38. The minimum absolute atomic E-state index is 0.155. The number of aliphatic hydroxyl groups excluding tert-OH is 1. The summed E-state index contributed by atoms with van der Waals surface area (Å²) in [6.45, 7) is 10.4. The van der Waals surface area contributed by atoms with Crippen molar-refractivity contribution in [3.63, 3.8) is 0 Å². The summed E-state index contributed by atoms with van der Waals surface area (Å²) in [6.07, 6.45) is 2.83. The van der Waals surface area contributed by atoms with E-state index >= 15 is 0 Å². The molecule has 0 spiro atoms. The van der Waals surface area contributed by atoms with E-state index in [1.54, 1.807) is 7.11 Å². The van der Waals surface area contributed by atoms with Gasteiger partial charge in [-0.2, -0.15) is 0 Å². The van der Waals surface area contributed by atoms with E-state index in [0.29, 0.717) is 0 Å². The Labute approximate surface area is 125 Å². The fourth-order valence-electron chi connectivity index (χ4n) is 2.87. The maximum atomic E-state index is 10.6. The summed E-state index contributed by atoms with van der Waals surface area (Å²) in [5.74, 6) is 0. The van der Waals surface area contributed by atoms with Crippen LogP contribution >= 0.6 is 22.6 Å². The van der Waals surface area contributed by atoms with E-state index in [-0.39, 0.29) is 17.2 Å². The molecule has 0 saturated carbocycles. The van der Waals surface area contributed by atoms with Gasteiger partial charge in [0.25, 0.3) is 0 Å². The van der Waals surface area contributed by atoms with Crippen molar-refractivity contribution in [1.82, 2.24) is 4.90 Å². The van der Waals surface area contributed by atoms with Gasteiger partial charge in [-0.25, -0.2) is 0 Å². The molecule has 1 saturated heterocycles. The van der Waals surface area contributed by atoms with E-state index in [1.807, 2.05) is 0 Å². The average Bonchev–Trinajstić information content (AvgIpc) is 2.28. The molecule has 1 aliphatic heterocycles. The van der Waals surface area contributed by atoms with Crippen LogP contribution in [-0.4, -0.2) is 46.0 Å². The van der Waals surface area contributed by atoms with E-state index in [2.05, 4.69) is 55.2 Å². The number of likely N-dealkylation sites (tertiary alicyclic amines) is 1. The van der Waals surface area contributed by atoms with Gasteiger partial charge < -0.3 is 9.84 Å². The van der Waals surface area contributed by atoms with Crippen LogP contribution in [-0.2, 0) is 4.74 Å². The van der Waals surface area contributed by atoms with Crippen LogP contribution in [0.2, 0.25) is 0 Å². The highest BCUT2D eigenvalue weighted by Crippen LogP contribution is 2.35. The van der Waals surface area contributed by atoms with E-state index in [0.717, 1.165) is 23.4 Å². The third kappa shape index (κ3) is 4.62. The largest absolute Gasteiger partial charge is 0.379 e. The molecular formula is C14H28INO2. The molecule has 0 radical (unpaired) electrons. The van der Waals surface area contributed by atoms with Crippen molar-refractivity contribution in [3.05, 3.63) is 0 Å². The van der Waals surface area contributed by atoms with Gasteiger partial charge in [0, 0.05) is 29.5 Å². The summed E-state index contributed by atoms with van der Waals surface area (Å²) >= 11 is 2.51. The van der Waals surface area contributed by atoms with E-state index < -0.39 is 0 Å². The van der Waals surface area contributed by atoms with Crippen LogP contribution in [0.1, 0.15) is 47.0 Å². The normalized spacial score (nSPS) is 22.2. The van der Waals surface area contributed by atoms with Gasteiger partial charge in [0.15, 0.2) is 0 Å². The van der Waals surface area contributed by atoms with Crippen molar-refractivity contribution in [3.8, 4) is 0 Å². The molecule has 0 aromatic rings. The molecule has 1 heterocycles. The van der Waals surface area contributed by atoms with Crippen LogP contribution < -0.4 is 0 Å². The number of nitrogens with zero attached hydrogens (tertiary/aromatic N) is 1. The first-order valence-electron chi connectivity index (χ1n) is 6.79. The summed E-state index contributed by atoms with van der Waals surface area (Å²) in [4.78, 5) is 2.22. The molecule has 1 atom stereocenters. The van der Waals surface area contributed by atoms with Crippen molar-refractivity contribution in [2.45, 2.75) is 62.7 Å². The Morgan fingerprint density at radius 1 is 1.28 bits per heavy atom. The number of rotatable bonds is 5. The van der Waals surface area contributed by atoms with Gasteiger partial charge in [0.1, 0.15) is 6.23 Å². The van der Waals surface area contributed by atoms with Gasteiger partial charge >= 0.3 is 0 Å². The predicted molar refractivity (Wildman–Crippen MR) is 84.1 cm³/mol. The molecule has 1 unspecified atom stereocenters. The molecule has 1 rings (SSSR count). The Kier molecular flexibility index (Phi) is 5.90. The average molecular weight is 369 g/mol. The minimum Gasteiger partial charge on any atom is -0.379 e. The Morgan fingerprint density at radius 2 is 1.78 bits per heavy atom. The number of hydrogen-bond acceptors (Lipinski definition) is 3. The van der Waals surface area contributed by atoms with Crippen LogP contribution in [0.4, 0.5) is 0 Å². The van der Waals surface area contributed by atoms with Crippen molar-refractivity contribution in [2.75, 3.05) is 20.2 Å². The third-order valence-electron chi connectivity index (χ3n) is 3.94. The molecule has 0 aromatic carbocycles. The lowest BCUT2D eigenvalue weighted by molar-refractivity contribution is -0.117. The molecule has 0 aromatic heterocycles. The summed E-state index contributed by atoms with van der Waals surface area (Å²) in [7, 11) is 1.74. The number of ether oxygens (including phenoxy) is 1. The van der Waals surface area contributed by atoms with Gasteiger partial charge in [-0.1, -0.05) is 36.4 Å². The Hall–Kier alpha value is 0.610. The second-order valence-electron chi connectivity index (χ2n) is 6.71. The molecule has 1 N–H and O–H groups in total. The second-order valence-corrected chi connectivity index (χ2v) is 8.48. The van der Waals surface area contributed by atoms with Gasteiger partial charge in [-0.15, -0.1) is 0 Å². The highest BCUT2D eigenvalue weighted by atomic mass is 127. The number of alkyl halides is 1. The Bertz CT molecular complexity index is 261. The molecule has 0 amide bonds. The van der Waals surface area contributed by atoms with E-state index in [9.17, 15) is 5.11 Å². The van der Waals surface area contributed by atoms with Crippen LogP contribution in [0, 0.1) is 5.41 Å². The first-order chi connectivity index (χ1) is 8.18. The van der Waals surface area contributed by atoms with Gasteiger partial charge in [0.2, 0.25) is 0 Å². The van der Waals surface area contributed by atoms with Gasteiger partial charge in [-0.3, -0.25) is 4.90 Å². The van der Waals surface area contributed by atoms with Gasteiger partial charge in [-0.05, 0) is 33.1 Å². The summed E-state index contributed by atoms with van der Waals surface area (Å²) in [5.41, 5.74) is -0.344. The maximum absolute atomic E-state index is 10.6. The summed E-state index contributed by atoms with van der Waals surface area (Å²) < 4.78 is 6.27. The maximum Gasteiger partial charge on any atom is 0.112 e. The first kappa shape index (κ1) is 16.7. The molecule has 1 fully saturated rings. The Balaban J connectivity index is 2.61. The molecule has 0 bridgehead atoms. The first-order valence-corrected chi connectivity index (χ1v) is 8.04. The fourth-order valence-corrected chi connectivity index (χ4v) is 3.42. The lowest BCUT2D eigenvalue weighted by atomic mass is 9.79. The van der Waals surface area contributed by atoms with Crippen molar-refractivity contribution >= 4 is 22.6 Å². The van der Waals surface area contributed by atoms with Crippen molar-refractivity contribution in [1.29, 1.82) is 0 Å². The SMILES string of the molecule is COC(C)(C)CC(C)(C)C(O)N1CCC(I)CC1. The van der Waals surface area contributed by atoms with Crippen LogP contribution in [0.3, 0.4) is 0 Å². The summed E-state index contributed by atoms with van der Waals surface area (Å²) in [5, 5.41) is 10.6. The highest BCUT2D eigenvalue weighted by molar-refractivity contribution is 14.1. The van der Waals surface area contributed by atoms with Crippen molar-refractivity contribution in [2.24, 2.45) is 5.41 Å². The quantitative estimate of drug-likeness (QED) is 0.597.